The molecule has 0 unspecified atom stereocenters. The third-order valence-electron chi connectivity index (χ3n) is 3.67. The highest BCUT2D eigenvalue weighted by molar-refractivity contribution is 9.10. The lowest BCUT2D eigenvalue weighted by atomic mass is 10.1. The minimum Gasteiger partial charge on any atom is -0.475 e. The Kier molecular flexibility index (Phi) is 4.66. The summed E-state index contributed by atoms with van der Waals surface area (Å²) in [6.45, 7) is 1.98. The highest BCUT2D eigenvalue weighted by Crippen LogP contribution is 2.31. The van der Waals surface area contributed by atoms with Gasteiger partial charge in [0.25, 0.3) is 5.91 Å². The second-order valence-corrected chi connectivity index (χ2v) is 6.62. The lowest BCUT2D eigenvalue weighted by Gasteiger charge is -2.20. The molecule has 0 spiro atoms. The van der Waals surface area contributed by atoms with E-state index in [2.05, 4.69) is 21.2 Å². The second-order valence-electron chi connectivity index (χ2n) is 5.77. The standard InChI is InChI=1S/C18H17BrFNO2/c1-11-2-9-16(15(19)10-11)23-17(18(22)21-14-7-8-14)12-3-5-13(20)6-4-12/h2-6,9-10,14,17H,7-8H2,1H3,(H,21,22)/t17-/m1/s1. The number of hydrogen-bond donors (Lipinski definition) is 1. The van der Waals surface area contributed by atoms with Crippen molar-refractivity contribution in [3.8, 4) is 5.75 Å². The van der Waals surface area contributed by atoms with Crippen LogP contribution in [0.4, 0.5) is 4.39 Å². The maximum atomic E-state index is 13.2. The Balaban J connectivity index is 1.87. The summed E-state index contributed by atoms with van der Waals surface area (Å²) in [5.41, 5.74) is 1.71. The van der Waals surface area contributed by atoms with E-state index in [1.165, 1.54) is 12.1 Å². The summed E-state index contributed by atoms with van der Waals surface area (Å²) in [5, 5.41) is 2.95. The predicted octanol–water partition coefficient (Wildman–Crippen LogP) is 4.30. The van der Waals surface area contributed by atoms with E-state index in [4.69, 9.17) is 4.74 Å². The Morgan fingerprint density at radius 2 is 1.96 bits per heavy atom. The van der Waals surface area contributed by atoms with E-state index >= 15 is 0 Å². The largest absolute Gasteiger partial charge is 0.475 e. The van der Waals surface area contributed by atoms with Crippen LogP contribution in [0.15, 0.2) is 46.9 Å². The fourth-order valence-electron chi connectivity index (χ4n) is 2.24. The van der Waals surface area contributed by atoms with Gasteiger partial charge in [-0.2, -0.15) is 0 Å². The molecular formula is C18H17BrFNO2. The monoisotopic (exact) mass is 377 g/mol. The van der Waals surface area contributed by atoms with E-state index in [9.17, 15) is 9.18 Å². The molecule has 0 bridgehead atoms. The number of benzene rings is 2. The molecule has 1 amide bonds. The van der Waals surface area contributed by atoms with Crippen LogP contribution in [-0.2, 0) is 4.79 Å². The van der Waals surface area contributed by atoms with Crippen molar-refractivity contribution in [2.24, 2.45) is 0 Å². The molecule has 0 heterocycles. The van der Waals surface area contributed by atoms with Crippen molar-refractivity contribution in [1.29, 1.82) is 0 Å². The maximum absolute atomic E-state index is 13.2. The first kappa shape index (κ1) is 16.0. The van der Waals surface area contributed by atoms with Gasteiger partial charge in [0, 0.05) is 11.6 Å². The van der Waals surface area contributed by atoms with Crippen LogP contribution in [0.2, 0.25) is 0 Å². The molecule has 1 atom stereocenters. The van der Waals surface area contributed by atoms with Gasteiger partial charge in [-0.1, -0.05) is 18.2 Å². The number of amides is 1. The highest BCUT2D eigenvalue weighted by atomic mass is 79.9. The second kappa shape index (κ2) is 6.71. The number of aryl methyl sites for hydroxylation is 1. The van der Waals surface area contributed by atoms with Crippen molar-refractivity contribution < 1.29 is 13.9 Å². The lowest BCUT2D eigenvalue weighted by Crippen LogP contribution is -2.34. The minimum absolute atomic E-state index is 0.202. The molecule has 0 saturated heterocycles. The van der Waals surface area contributed by atoms with Crippen LogP contribution < -0.4 is 10.1 Å². The SMILES string of the molecule is Cc1ccc(O[C@@H](C(=O)NC2CC2)c2ccc(F)cc2)c(Br)c1. The van der Waals surface area contributed by atoms with Gasteiger partial charge in [0.15, 0.2) is 0 Å². The average molecular weight is 378 g/mol. The first-order valence-corrected chi connectivity index (χ1v) is 8.31. The van der Waals surface area contributed by atoms with Crippen molar-refractivity contribution >= 4 is 21.8 Å². The smallest absolute Gasteiger partial charge is 0.266 e. The third kappa shape index (κ3) is 4.10. The number of halogens is 2. The fraction of sp³-hybridized carbons (Fsp3) is 0.278. The van der Waals surface area contributed by atoms with Crippen molar-refractivity contribution in [3.05, 3.63) is 63.9 Å². The Morgan fingerprint density at radius 1 is 1.26 bits per heavy atom. The molecule has 23 heavy (non-hydrogen) atoms. The first-order valence-electron chi connectivity index (χ1n) is 7.51. The van der Waals surface area contributed by atoms with Gasteiger partial charge in [-0.15, -0.1) is 0 Å². The van der Waals surface area contributed by atoms with Gasteiger partial charge in [-0.3, -0.25) is 4.79 Å². The topological polar surface area (TPSA) is 38.3 Å². The Hall–Kier alpha value is -1.88. The molecule has 1 fully saturated rings. The van der Waals surface area contributed by atoms with Gasteiger partial charge in [0.05, 0.1) is 4.47 Å². The number of ether oxygens (including phenoxy) is 1. The van der Waals surface area contributed by atoms with Crippen LogP contribution in [0.1, 0.15) is 30.1 Å². The number of carbonyl (C=O) groups excluding carboxylic acids is 1. The van der Waals surface area contributed by atoms with Crippen LogP contribution >= 0.6 is 15.9 Å². The molecule has 1 aliphatic carbocycles. The predicted molar refractivity (Wildman–Crippen MR) is 89.8 cm³/mol. The summed E-state index contributed by atoms with van der Waals surface area (Å²) < 4.78 is 19.9. The van der Waals surface area contributed by atoms with Crippen LogP contribution in [0.5, 0.6) is 5.75 Å². The molecule has 5 heteroatoms. The Morgan fingerprint density at radius 3 is 2.57 bits per heavy atom. The van der Waals surface area contributed by atoms with Crippen molar-refractivity contribution in [3.63, 3.8) is 0 Å². The Bertz CT molecular complexity index is 713. The molecule has 3 nitrogen and oxygen atoms in total. The van der Waals surface area contributed by atoms with Gasteiger partial charge >= 0.3 is 0 Å². The van der Waals surface area contributed by atoms with E-state index in [0.29, 0.717) is 11.3 Å². The van der Waals surface area contributed by atoms with Gasteiger partial charge in [-0.25, -0.2) is 4.39 Å². The molecule has 0 aliphatic heterocycles. The molecule has 2 aromatic carbocycles. The summed E-state index contributed by atoms with van der Waals surface area (Å²) in [4.78, 5) is 12.5. The normalized spacial score (nSPS) is 15.1. The number of nitrogens with one attached hydrogen (secondary N) is 1. The summed E-state index contributed by atoms with van der Waals surface area (Å²) in [5.74, 6) is 0.0362. The van der Waals surface area contributed by atoms with Crippen molar-refractivity contribution in [1.82, 2.24) is 5.32 Å². The summed E-state index contributed by atoms with van der Waals surface area (Å²) in [6, 6.07) is 11.7. The van der Waals surface area contributed by atoms with E-state index in [-0.39, 0.29) is 17.8 Å². The van der Waals surface area contributed by atoms with Gasteiger partial charge in [0.2, 0.25) is 6.10 Å². The van der Waals surface area contributed by atoms with Crippen molar-refractivity contribution in [2.45, 2.75) is 31.9 Å². The number of rotatable bonds is 5. The zero-order valence-electron chi connectivity index (χ0n) is 12.7. The molecule has 2 aromatic rings. The van der Waals surface area contributed by atoms with Crippen LogP contribution in [0, 0.1) is 12.7 Å². The van der Waals surface area contributed by atoms with E-state index < -0.39 is 6.10 Å². The number of carbonyl (C=O) groups is 1. The zero-order valence-corrected chi connectivity index (χ0v) is 14.3. The van der Waals surface area contributed by atoms with Crippen LogP contribution in [0.25, 0.3) is 0 Å². The summed E-state index contributed by atoms with van der Waals surface area (Å²) in [7, 11) is 0. The zero-order chi connectivity index (χ0) is 16.4. The van der Waals surface area contributed by atoms with Gasteiger partial charge in [0.1, 0.15) is 11.6 Å². The van der Waals surface area contributed by atoms with Crippen LogP contribution in [-0.4, -0.2) is 11.9 Å². The fourth-order valence-corrected chi connectivity index (χ4v) is 2.83. The Labute approximate surface area is 143 Å². The molecule has 3 rings (SSSR count). The summed E-state index contributed by atoms with van der Waals surface area (Å²) in [6.07, 6.45) is 1.18. The molecule has 1 N–H and O–H groups in total. The first-order chi connectivity index (χ1) is 11.0. The van der Waals surface area contributed by atoms with E-state index in [0.717, 1.165) is 22.9 Å². The average Bonchev–Trinajstić information content (AvgIpc) is 3.31. The van der Waals surface area contributed by atoms with Gasteiger partial charge < -0.3 is 10.1 Å². The molecule has 0 aromatic heterocycles. The summed E-state index contributed by atoms with van der Waals surface area (Å²) >= 11 is 3.46. The van der Waals surface area contributed by atoms with E-state index in [1.54, 1.807) is 12.1 Å². The molecule has 0 radical (unpaired) electrons. The quantitative estimate of drug-likeness (QED) is 0.843. The van der Waals surface area contributed by atoms with Crippen LogP contribution in [0.3, 0.4) is 0 Å². The molecule has 120 valence electrons. The van der Waals surface area contributed by atoms with E-state index in [1.807, 2.05) is 25.1 Å². The maximum Gasteiger partial charge on any atom is 0.266 e. The highest BCUT2D eigenvalue weighted by Gasteiger charge is 2.30. The molecular weight excluding hydrogens is 361 g/mol. The van der Waals surface area contributed by atoms with Crippen molar-refractivity contribution in [2.75, 3.05) is 0 Å². The van der Waals surface area contributed by atoms with Gasteiger partial charge in [-0.05, 0) is 65.5 Å². The lowest BCUT2D eigenvalue weighted by molar-refractivity contribution is -0.128. The minimum atomic E-state index is -0.810. The third-order valence-corrected chi connectivity index (χ3v) is 4.29. The number of hydrogen-bond acceptors (Lipinski definition) is 2. The molecule has 1 aliphatic rings. The molecule has 1 saturated carbocycles.